The van der Waals surface area contributed by atoms with Crippen molar-refractivity contribution in [1.82, 2.24) is 10.1 Å². The first-order valence-corrected chi connectivity index (χ1v) is 8.60. The summed E-state index contributed by atoms with van der Waals surface area (Å²) in [5.41, 5.74) is 2.46. The zero-order valence-electron chi connectivity index (χ0n) is 12.3. The van der Waals surface area contributed by atoms with Crippen LogP contribution in [-0.4, -0.2) is 32.2 Å². The van der Waals surface area contributed by atoms with Gasteiger partial charge >= 0.3 is 0 Å². The van der Waals surface area contributed by atoms with Crippen LogP contribution in [0.1, 0.15) is 5.56 Å². The van der Waals surface area contributed by atoms with E-state index in [2.05, 4.69) is 15.2 Å². The number of benzene rings is 2. The molecule has 0 atom stereocenters. The third-order valence-electron chi connectivity index (χ3n) is 2.86. The molecule has 9 heteroatoms. The average Bonchev–Trinajstić information content (AvgIpc) is 2.57. The van der Waals surface area contributed by atoms with Gasteiger partial charge in [-0.3, -0.25) is 4.79 Å². The molecule has 24 heavy (non-hydrogen) atoms. The van der Waals surface area contributed by atoms with Crippen LogP contribution in [0.5, 0.6) is 5.75 Å². The van der Waals surface area contributed by atoms with Crippen LogP contribution in [0.3, 0.4) is 0 Å². The molecule has 0 radical (unpaired) electrons. The van der Waals surface area contributed by atoms with Gasteiger partial charge in [0.2, 0.25) is 10.0 Å². The smallest absolute Gasteiger partial charge is 0.255 e. The second-order valence-corrected chi connectivity index (χ2v) is 6.84. The number of hydrogen-bond acceptors (Lipinski definition) is 5. The van der Waals surface area contributed by atoms with Gasteiger partial charge in [-0.25, -0.2) is 18.6 Å². The Morgan fingerprint density at radius 1 is 1.21 bits per heavy atom. The lowest BCUT2D eigenvalue weighted by molar-refractivity contribution is -0.119. The molecule has 0 saturated heterocycles. The minimum Gasteiger partial charge on any atom is -0.507 e. The first-order chi connectivity index (χ1) is 11.4. The van der Waals surface area contributed by atoms with E-state index in [1.54, 1.807) is 18.2 Å². The number of sulfonamides is 1. The van der Waals surface area contributed by atoms with Crippen LogP contribution >= 0.6 is 11.6 Å². The van der Waals surface area contributed by atoms with Crippen molar-refractivity contribution in [3.63, 3.8) is 0 Å². The SMILES string of the molecule is O=C(CNS(=O)(=O)c1ccccc1)N/N=C\c1cc(Cl)ccc1O. The van der Waals surface area contributed by atoms with Gasteiger partial charge < -0.3 is 5.11 Å². The molecule has 0 unspecified atom stereocenters. The van der Waals surface area contributed by atoms with Gasteiger partial charge in [0.05, 0.1) is 17.7 Å². The summed E-state index contributed by atoms with van der Waals surface area (Å²) < 4.78 is 26.0. The topological polar surface area (TPSA) is 108 Å². The van der Waals surface area contributed by atoms with Crippen molar-refractivity contribution in [1.29, 1.82) is 0 Å². The summed E-state index contributed by atoms with van der Waals surface area (Å²) >= 11 is 5.78. The normalized spacial score (nSPS) is 11.5. The van der Waals surface area contributed by atoms with Crippen molar-refractivity contribution in [2.75, 3.05) is 6.54 Å². The van der Waals surface area contributed by atoms with E-state index >= 15 is 0 Å². The lowest BCUT2D eigenvalue weighted by Crippen LogP contribution is -2.34. The number of nitrogens with zero attached hydrogens (tertiary/aromatic N) is 1. The number of hydrogen-bond donors (Lipinski definition) is 3. The Morgan fingerprint density at radius 2 is 1.92 bits per heavy atom. The Kier molecular flexibility index (Phi) is 5.91. The molecule has 3 N–H and O–H groups in total. The highest BCUT2D eigenvalue weighted by Crippen LogP contribution is 2.19. The zero-order valence-corrected chi connectivity index (χ0v) is 13.9. The van der Waals surface area contributed by atoms with E-state index in [4.69, 9.17) is 11.6 Å². The van der Waals surface area contributed by atoms with E-state index in [0.717, 1.165) is 0 Å². The number of hydrazone groups is 1. The maximum Gasteiger partial charge on any atom is 0.255 e. The molecular formula is C15H14ClN3O4S. The van der Waals surface area contributed by atoms with E-state index in [1.165, 1.54) is 36.5 Å². The second-order valence-electron chi connectivity index (χ2n) is 4.63. The Hall–Kier alpha value is -2.42. The third kappa shape index (κ3) is 5.05. The highest BCUT2D eigenvalue weighted by molar-refractivity contribution is 7.89. The van der Waals surface area contributed by atoms with Crippen LogP contribution in [-0.2, 0) is 14.8 Å². The van der Waals surface area contributed by atoms with Crippen LogP contribution < -0.4 is 10.1 Å². The minimum absolute atomic E-state index is 0.0535. The maximum absolute atomic E-state index is 11.9. The number of rotatable bonds is 6. The molecule has 0 aliphatic carbocycles. The quantitative estimate of drug-likeness (QED) is 0.530. The highest BCUT2D eigenvalue weighted by Gasteiger charge is 2.14. The van der Waals surface area contributed by atoms with Gasteiger partial charge in [-0.1, -0.05) is 29.8 Å². The number of phenolic OH excluding ortho intramolecular Hbond substituents is 1. The molecule has 0 aliphatic heterocycles. The molecule has 0 aliphatic rings. The Labute approximate surface area is 144 Å². The number of phenols is 1. The fraction of sp³-hybridized carbons (Fsp3) is 0.0667. The predicted molar refractivity (Wildman–Crippen MR) is 90.5 cm³/mol. The lowest BCUT2D eigenvalue weighted by Gasteiger charge is -2.05. The summed E-state index contributed by atoms with van der Waals surface area (Å²) in [7, 11) is -3.77. The first kappa shape index (κ1) is 17.9. The highest BCUT2D eigenvalue weighted by atomic mass is 35.5. The molecule has 0 heterocycles. The van der Waals surface area contributed by atoms with Crippen LogP contribution in [0, 0.1) is 0 Å². The molecule has 2 rings (SSSR count). The molecule has 1 amide bonds. The summed E-state index contributed by atoms with van der Waals surface area (Å²) in [6.45, 7) is -0.476. The largest absolute Gasteiger partial charge is 0.507 e. The number of halogens is 1. The van der Waals surface area contributed by atoms with Crippen LogP contribution in [0.2, 0.25) is 5.02 Å². The third-order valence-corrected chi connectivity index (χ3v) is 4.51. The van der Waals surface area contributed by atoms with Crippen molar-refractivity contribution in [2.45, 2.75) is 4.90 Å². The summed E-state index contributed by atoms with van der Waals surface area (Å²) in [4.78, 5) is 11.7. The molecule has 0 spiro atoms. The molecular weight excluding hydrogens is 354 g/mol. The molecule has 2 aromatic carbocycles. The lowest BCUT2D eigenvalue weighted by atomic mass is 10.2. The van der Waals surface area contributed by atoms with Crippen molar-refractivity contribution < 1.29 is 18.3 Å². The van der Waals surface area contributed by atoms with Gasteiger partial charge in [0.1, 0.15) is 5.75 Å². The Balaban J connectivity index is 1.90. The summed E-state index contributed by atoms with van der Waals surface area (Å²) in [5.74, 6) is -0.713. The zero-order chi connectivity index (χ0) is 17.6. The van der Waals surface area contributed by atoms with Crippen molar-refractivity contribution >= 4 is 33.7 Å². The molecule has 126 valence electrons. The molecule has 0 aromatic heterocycles. The summed E-state index contributed by atoms with van der Waals surface area (Å²) in [5, 5.41) is 13.6. The van der Waals surface area contributed by atoms with Crippen molar-refractivity contribution in [2.24, 2.45) is 5.10 Å². The summed E-state index contributed by atoms with van der Waals surface area (Å²) in [6, 6.07) is 12.0. The number of nitrogens with one attached hydrogen (secondary N) is 2. The van der Waals surface area contributed by atoms with Crippen molar-refractivity contribution in [3.05, 3.63) is 59.1 Å². The average molecular weight is 368 g/mol. The molecule has 0 saturated carbocycles. The van der Waals surface area contributed by atoms with E-state index in [-0.39, 0.29) is 10.6 Å². The standard InChI is InChI=1S/C15H14ClN3O4S/c16-12-6-7-14(20)11(8-12)9-17-19-15(21)10-18-24(22,23)13-4-2-1-3-5-13/h1-9,18,20H,10H2,(H,19,21)/b17-9-. The van der Waals surface area contributed by atoms with Crippen LogP contribution in [0.25, 0.3) is 0 Å². The number of aromatic hydroxyl groups is 1. The van der Waals surface area contributed by atoms with Gasteiger partial charge in [0, 0.05) is 10.6 Å². The first-order valence-electron chi connectivity index (χ1n) is 6.73. The van der Waals surface area contributed by atoms with Gasteiger partial charge in [-0.05, 0) is 30.3 Å². The van der Waals surface area contributed by atoms with E-state index < -0.39 is 22.5 Å². The second kappa shape index (κ2) is 7.91. The number of amides is 1. The minimum atomic E-state index is -3.77. The molecule has 0 fully saturated rings. The van der Waals surface area contributed by atoms with Crippen LogP contribution in [0.4, 0.5) is 0 Å². The molecule has 7 nitrogen and oxygen atoms in total. The monoisotopic (exact) mass is 367 g/mol. The fourth-order valence-corrected chi connectivity index (χ4v) is 2.87. The van der Waals surface area contributed by atoms with Crippen molar-refractivity contribution in [3.8, 4) is 5.75 Å². The van der Waals surface area contributed by atoms with Gasteiger partial charge in [-0.2, -0.15) is 5.10 Å². The number of carbonyl (C=O) groups excluding carboxylic acids is 1. The molecule has 2 aromatic rings. The van der Waals surface area contributed by atoms with E-state index in [1.807, 2.05) is 0 Å². The Morgan fingerprint density at radius 3 is 2.62 bits per heavy atom. The summed E-state index contributed by atoms with van der Waals surface area (Å²) in [6.07, 6.45) is 1.20. The van der Waals surface area contributed by atoms with E-state index in [0.29, 0.717) is 10.6 Å². The maximum atomic E-state index is 11.9. The van der Waals surface area contributed by atoms with Gasteiger partial charge in [0.25, 0.3) is 5.91 Å². The molecule has 0 bridgehead atoms. The fourth-order valence-electron chi connectivity index (χ4n) is 1.69. The predicted octanol–water partition coefficient (Wildman–Crippen LogP) is 1.47. The number of carbonyl (C=O) groups is 1. The van der Waals surface area contributed by atoms with E-state index in [9.17, 15) is 18.3 Å². The Bertz CT molecular complexity index is 854. The van der Waals surface area contributed by atoms with Crippen LogP contribution in [0.15, 0.2) is 58.5 Å². The van der Waals surface area contributed by atoms with Gasteiger partial charge in [0.15, 0.2) is 0 Å². The van der Waals surface area contributed by atoms with Gasteiger partial charge in [-0.15, -0.1) is 0 Å².